The van der Waals surface area contributed by atoms with E-state index in [0.29, 0.717) is 17.9 Å². The van der Waals surface area contributed by atoms with E-state index in [1.807, 2.05) is 31.2 Å². The van der Waals surface area contributed by atoms with Gasteiger partial charge in [0.2, 0.25) is 0 Å². The molecule has 1 fully saturated rings. The molecule has 0 amide bonds. The lowest BCUT2D eigenvalue weighted by Gasteiger charge is -2.49. The van der Waals surface area contributed by atoms with Crippen molar-refractivity contribution in [3.63, 3.8) is 0 Å². The van der Waals surface area contributed by atoms with Crippen molar-refractivity contribution in [2.24, 2.45) is 0 Å². The normalized spacial score (nSPS) is 23.9. The van der Waals surface area contributed by atoms with Gasteiger partial charge in [-0.3, -0.25) is 4.90 Å². The second-order valence-corrected chi connectivity index (χ2v) is 10.1. The number of ether oxygens (including phenoxy) is 2. The van der Waals surface area contributed by atoms with Crippen molar-refractivity contribution >= 4 is 0 Å². The molecule has 0 bridgehead atoms. The van der Waals surface area contributed by atoms with E-state index in [-0.39, 0.29) is 36.9 Å². The zero-order valence-electron chi connectivity index (χ0n) is 20.1. The predicted octanol–water partition coefficient (Wildman–Crippen LogP) is 5.96. The van der Waals surface area contributed by atoms with Crippen LogP contribution in [0.1, 0.15) is 55.0 Å². The van der Waals surface area contributed by atoms with E-state index in [0.717, 1.165) is 36.1 Å². The number of hydrogen-bond donors (Lipinski definition) is 1. The van der Waals surface area contributed by atoms with E-state index in [9.17, 15) is 13.9 Å². The summed E-state index contributed by atoms with van der Waals surface area (Å²) in [4.78, 5) is 2.46. The molecule has 0 aliphatic carbocycles. The Balaban J connectivity index is 1.47. The van der Waals surface area contributed by atoms with Crippen LogP contribution in [0.25, 0.3) is 0 Å². The Morgan fingerprint density at radius 1 is 0.914 bits per heavy atom. The summed E-state index contributed by atoms with van der Waals surface area (Å²) in [6, 6.07) is 17.1. The molecule has 1 saturated heterocycles. The van der Waals surface area contributed by atoms with Gasteiger partial charge in [0.05, 0.1) is 5.60 Å². The Kier molecular flexibility index (Phi) is 6.51. The van der Waals surface area contributed by atoms with Crippen LogP contribution >= 0.6 is 0 Å². The van der Waals surface area contributed by atoms with Crippen LogP contribution in [0, 0.1) is 11.6 Å². The van der Waals surface area contributed by atoms with Gasteiger partial charge in [0.15, 0.2) is 11.5 Å². The molecule has 0 unspecified atom stereocenters. The minimum Gasteiger partial charge on any atom is -0.485 e. The number of rotatable bonds is 6. The minimum absolute atomic E-state index is 0.0892. The second-order valence-electron chi connectivity index (χ2n) is 10.1. The van der Waals surface area contributed by atoms with Crippen LogP contribution in [0.15, 0.2) is 60.7 Å². The molecule has 0 aromatic heterocycles. The van der Waals surface area contributed by atoms with E-state index in [4.69, 9.17) is 9.47 Å². The molecule has 2 aliphatic heterocycles. The molecule has 2 heterocycles. The van der Waals surface area contributed by atoms with Crippen molar-refractivity contribution in [3.8, 4) is 11.5 Å². The molecule has 35 heavy (non-hydrogen) atoms. The van der Waals surface area contributed by atoms with Crippen molar-refractivity contribution in [1.82, 2.24) is 4.90 Å². The van der Waals surface area contributed by atoms with Gasteiger partial charge in [0.1, 0.15) is 24.8 Å². The molecule has 4 nitrogen and oxygen atoms in total. The lowest BCUT2D eigenvalue weighted by molar-refractivity contribution is -0.0628. The lowest BCUT2D eigenvalue weighted by Crippen LogP contribution is -2.52. The van der Waals surface area contributed by atoms with Crippen molar-refractivity contribution < 1.29 is 23.4 Å². The largest absolute Gasteiger partial charge is 0.485 e. The quantitative estimate of drug-likeness (QED) is 0.474. The summed E-state index contributed by atoms with van der Waals surface area (Å²) >= 11 is 0. The maximum atomic E-state index is 13.7. The zero-order valence-corrected chi connectivity index (χ0v) is 20.1. The first-order valence-electron chi connectivity index (χ1n) is 12.2. The third-order valence-electron chi connectivity index (χ3n) is 7.11. The summed E-state index contributed by atoms with van der Waals surface area (Å²) in [7, 11) is 0. The molecule has 184 valence electrons. The second kappa shape index (κ2) is 9.59. The van der Waals surface area contributed by atoms with E-state index in [1.54, 1.807) is 12.1 Å². The Labute approximate surface area is 205 Å². The number of aliphatic hydroxyl groups is 1. The van der Waals surface area contributed by atoms with Crippen LogP contribution in [0.3, 0.4) is 0 Å². The number of fused-ring (bicyclic) bond motifs is 3. The number of piperidine rings is 1. The van der Waals surface area contributed by atoms with E-state index in [2.05, 4.69) is 11.8 Å². The van der Waals surface area contributed by atoms with Crippen LogP contribution < -0.4 is 9.47 Å². The monoisotopic (exact) mass is 479 g/mol. The van der Waals surface area contributed by atoms with Crippen LogP contribution in [-0.2, 0) is 19.6 Å². The molecule has 1 N–H and O–H groups in total. The summed E-state index contributed by atoms with van der Waals surface area (Å²) in [6.45, 7) is 5.39. The van der Waals surface area contributed by atoms with Gasteiger partial charge in [-0.1, -0.05) is 24.3 Å². The van der Waals surface area contributed by atoms with Crippen LogP contribution in [0.4, 0.5) is 8.78 Å². The average molecular weight is 480 g/mol. The van der Waals surface area contributed by atoms with Gasteiger partial charge in [0.25, 0.3) is 0 Å². The van der Waals surface area contributed by atoms with Gasteiger partial charge in [-0.25, -0.2) is 8.78 Å². The predicted molar refractivity (Wildman–Crippen MR) is 130 cm³/mol. The van der Waals surface area contributed by atoms with Gasteiger partial charge in [-0.15, -0.1) is 0 Å². The van der Waals surface area contributed by atoms with Crippen LogP contribution in [0.2, 0.25) is 0 Å². The molecular weight excluding hydrogens is 448 g/mol. The summed E-state index contributed by atoms with van der Waals surface area (Å²) in [5, 5.41) is 10.9. The molecule has 3 atom stereocenters. The Morgan fingerprint density at radius 2 is 1.51 bits per heavy atom. The van der Waals surface area contributed by atoms with Crippen molar-refractivity contribution in [3.05, 3.63) is 94.6 Å². The first kappa shape index (κ1) is 23.8. The maximum Gasteiger partial charge on any atom is 0.162 e. The first-order valence-corrected chi connectivity index (χ1v) is 12.2. The topological polar surface area (TPSA) is 41.9 Å². The fourth-order valence-electron chi connectivity index (χ4n) is 5.54. The fraction of sp³-hybridized carbons (Fsp3) is 0.379. The Morgan fingerprint density at radius 3 is 2.11 bits per heavy atom. The standard InChI is InChI=1S/C29H31F2NO3/c1-19-15-29(2,33)16-26-25-14-28(35-18-21-6-4-8-24(31)12-21)27(13-22(25)9-10-32(19)26)34-17-20-5-3-7-23(30)11-20/h3-8,11-14,19,26,33H,9-10,15-18H2,1-2H3/t19-,26+,29-/m1/s1. The van der Waals surface area contributed by atoms with Crippen LogP contribution in [-0.4, -0.2) is 28.2 Å². The SMILES string of the molecule is C[C@@H]1C[C@@](C)(O)C[C@H]2c3cc(OCc4cccc(F)c4)c(OCc4cccc(F)c4)cc3CCN12. The summed E-state index contributed by atoms with van der Waals surface area (Å²) in [6.07, 6.45) is 2.27. The summed E-state index contributed by atoms with van der Waals surface area (Å²) in [5.74, 6) is 0.517. The molecule has 3 aromatic carbocycles. The fourth-order valence-corrected chi connectivity index (χ4v) is 5.54. The first-order chi connectivity index (χ1) is 16.8. The highest BCUT2D eigenvalue weighted by Crippen LogP contribution is 2.46. The smallest absolute Gasteiger partial charge is 0.162 e. The summed E-state index contributed by atoms with van der Waals surface area (Å²) < 4.78 is 39.6. The minimum atomic E-state index is -0.732. The summed E-state index contributed by atoms with van der Waals surface area (Å²) in [5.41, 5.74) is 3.01. The van der Waals surface area contributed by atoms with Gasteiger partial charge in [-0.05, 0) is 91.8 Å². The van der Waals surface area contributed by atoms with Crippen molar-refractivity contribution in [2.45, 2.75) is 64.0 Å². The van der Waals surface area contributed by atoms with E-state index in [1.165, 1.54) is 29.8 Å². The number of halogens is 2. The maximum absolute atomic E-state index is 13.7. The van der Waals surface area contributed by atoms with Gasteiger partial charge < -0.3 is 14.6 Å². The Bertz CT molecular complexity index is 1210. The van der Waals surface area contributed by atoms with Gasteiger partial charge >= 0.3 is 0 Å². The number of nitrogens with zero attached hydrogens (tertiary/aromatic N) is 1. The van der Waals surface area contributed by atoms with Crippen molar-refractivity contribution in [2.75, 3.05) is 6.54 Å². The molecule has 3 aromatic rings. The molecular formula is C29H31F2NO3. The zero-order chi connectivity index (χ0) is 24.6. The average Bonchev–Trinajstić information content (AvgIpc) is 2.80. The third kappa shape index (κ3) is 5.34. The molecule has 6 heteroatoms. The molecule has 0 radical (unpaired) electrons. The van der Waals surface area contributed by atoms with E-state index < -0.39 is 5.60 Å². The van der Waals surface area contributed by atoms with Crippen LogP contribution in [0.5, 0.6) is 11.5 Å². The molecule has 5 rings (SSSR count). The molecule has 2 aliphatic rings. The third-order valence-corrected chi connectivity index (χ3v) is 7.11. The molecule has 0 spiro atoms. The highest BCUT2D eigenvalue weighted by molar-refractivity contribution is 5.50. The Hall–Kier alpha value is -2.96. The van der Waals surface area contributed by atoms with E-state index >= 15 is 0 Å². The van der Waals surface area contributed by atoms with Crippen molar-refractivity contribution in [1.29, 1.82) is 0 Å². The number of benzene rings is 3. The number of hydrogen-bond acceptors (Lipinski definition) is 4. The van der Waals surface area contributed by atoms with Gasteiger partial charge in [-0.2, -0.15) is 0 Å². The van der Waals surface area contributed by atoms with Gasteiger partial charge in [0, 0.05) is 18.6 Å². The molecule has 0 saturated carbocycles. The lowest BCUT2D eigenvalue weighted by atomic mass is 9.77. The highest BCUT2D eigenvalue weighted by Gasteiger charge is 2.42. The highest BCUT2D eigenvalue weighted by atomic mass is 19.1.